The van der Waals surface area contributed by atoms with Crippen LogP contribution >= 0.6 is 11.8 Å². The lowest BCUT2D eigenvalue weighted by Gasteiger charge is -2.20. The molecule has 0 amide bonds. The van der Waals surface area contributed by atoms with Crippen LogP contribution in [0.2, 0.25) is 0 Å². The molecule has 1 aliphatic heterocycles. The predicted octanol–water partition coefficient (Wildman–Crippen LogP) is 2.66. The van der Waals surface area contributed by atoms with Gasteiger partial charge in [0.25, 0.3) is 0 Å². The Balaban J connectivity index is 1.77. The third-order valence-corrected chi connectivity index (χ3v) is 4.66. The van der Waals surface area contributed by atoms with Crippen LogP contribution in [0, 0.1) is 5.92 Å². The van der Waals surface area contributed by atoms with Gasteiger partial charge in [-0.1, -0.05) is 25.6 Å². The van der Waals surface area contributed by atoms with E-state index in [-0.39, 0.29) is 0 Å². The van der Waals surface area contributed by atoms with Crippen molar-refractivity contribution in [3.63, 3.8) is 0 Å². The Morgan fingerprint density at radius 3 is 3.00 bits per heavy atom. The van der Waals surface area contributed by atoms with Crippen molar-refractivity contribution in [2.45, 2.75) is 56.9 Å². The van der Waals surface area contributed by atoms with Crippen LogP contribution in [0.1, 0.15) is 39.5 Å². The van der Waals surface area contributed by atoms with Crippen molar-refractivity contribution in [3.05, 3.63) is 0 Å². The number of methoxy groups -OCH3 is 1. The summed E-state index contributed by atoms with van der Waals surface area (Å²) >= 11 is 1.92. The first-order valence-electron chi connectivity index (χ1n) is 6.69. The summed E-state index contributed by atoms with van der Waals surface area (Å²) in [5.41, 5.74) is 0. The van der Waals surface area contributed by atoms with E-state index >= 15 is 0 Å². The average Bonchev–Trinajstić information content (AvgIpc) is 2.87. The van der Waals surface area contributed by atoms with Gasteiger partial charge in [-0.05, 0) is 31.6 Å². The van der Waals surface area contributed by atoms with Crippen molar-refractivity contribution in [2.24, 2.45) is 10.9 Å². The minimum atomic E-state index is 0.377. The Morgan fingerprint density at radius 1 is 1.47 bits per heavy atom. The molecule has 1 fully saturated rings. The molecule has 1 heterocycles. The molecule has 17 heavy (non-hydrogen) atoms. The molecule has 98 valence electrons. The summed E-state index contributed by atoms with van der Waals surface area (Å²) < 4.78 is 5.50. The van der Waals surface area contributed by atoms with Gasteiger partial charge in [-0.15, -0.1) is 0 Å². The second-order valence-corrected chi connectivity index (χ2v) is 6.76. The fourth-order valence-electron chi connectivity index (χ4n) is 2.68. The van der Waals surface area contributed by atoms with Gasteiger partial charge >= 0.3 is 0 Å². The molecule has 1 saturated carbocycles. The maximum atomic E-state index is 5.50. The minimum Gasteiger partial charge on any atom is -0.379 e. The van der Waals surface area contributed by atoms with Crippen molar-refractivity contribution >= 4 is 16.9 Å². The number of aliphatic imine (C=N–C) groups is 1. The summed E-state index contributed by atoms with van der Waals surface area (Å²) in [5, 5.41) is 5.39. The smallest absolute Gasteiger partial charge is 0.157 e. The highest BCUT2D eigenvalue weighted by atomic mass is 32.2. The number of thioether (sulfide) groups is 1. The molecule has 0 aromatic rings. The Kier molecular flexibility index (Phi) is 4.74. The van der Waals surface area contributed by atoms with Crippen LogP contribution in [0.15, 0.2) is 4.99 Å². The van der Waals surface area contributed by atoms with E-state index in [1.54, 1.807) is 0 Å². The van der Waals surface area contributed by atoms with Gasteiger partial charge < -0.3 is 10.1 Å². The fraction of sp³-hybridized carbons (Fsp3) is 0.923. The molecule has 2 aliphatic rings. The van der Waals surface area contributed by atoms with Crippen LogP contribution in [0.25, 0.3) is 0 Å². The molecule has 4 heteroatoms. The third-order valence-electron chi connectivity index (χ3n) is 3.52. The molecule has 0 aromatic heterocycles. The van der Waals surface area contributed by atoms with E-state index in [0.29, 0.717) is 17.4 Å². The second kappa shape index (κ2) is 6.10. The van der Waals surface area contributed by atoms with Gasteiger partial charge in [-0.2, -0.15) is 0 Å². The van der Waals surface area contributed by atoms with Crippen molar-refractivity contribution in [1.82, 2.24) is 5.32 Å². The number of nitrogens with zero attached hydrogens (tertiary/aromatic N) is 1. The highest BCUT2D eigenvalue weighted by Crippen LogP contribution is 2.28. The molecule has 0 bridgehead atoms. The summed E-state index contributed by atoms with van der Waals surface area (Å²) in [5.74, 6) is 0.764. The van der Waals surface area contributed by atoms with E-state index in [0.717, 1.165) is 17.6 Å². The number of hydrogen-bond donors (Lipinski definition) is 1. The molecule has 3 unspecified atom stereocenters. The van der Waals surface area contributed by atoms with Gasteiger partial charge in [0.15, 0.2) is 5.17 Å². The van der Waals surface area contributed by atoms with Crippen LogP contribution in [-0.2, 0) is 4.74 Å². The van der Waals surface area contributed by atoms with Gasteiger partial charge in [-0.3, -0.25) is 4.99 Å². The van der Waals surface area contributed by atoms with Crippen LogP contribution < -0.4 is 5.32 Å². The zero-order valence-electron chi connectivity index (χ0n) is 11.1. The van der Waals surface area contributed by atoms with Gasteiger partial charge in [-0.25, -0.2) is 0 Å². The zero-order valence-corrected chi connectivity index (χ0v) is 11.9. The summed E-state index contributed by atoms with van der Waals surface area (Å²) in [7, 11) is 1.82. The standard InChI is InChI=1S/C13H24N2OS/c1-9(2)7-10-8-14-13(17-10)15-11-5-4-6-12(11)16-3/h9-12H,4-8H2,1-3H3,(H,14,15). The van der Waals surface area contributed by atoms with Crippen LogP contribution in [0.5, 0.6) is 0 Å². The SMILES string of the molecule is COC1CCCC1NC1=NCC(CC(C)C)S1. The lowest BCUT2D eigenvalue weighted by atomic mass is 10.1. The summed E-state index contributed by atoms with van der Waals surface area (Å²) in [6.07, 6.45) is 5.30. The van der Waals surface area contributed by atoms with Gasteiger partial charge in [0, 0.05) is 12.4 Å². The highest BCUT2D eigenvalue weighted by Gasteiger charge is 2.30. The average molecular weight is 256 g/mol. The first-order chi connectivity index (χ1) is 8.19. The summed E-state index contributed by atoms with van der Waals surface area (Å²) in [4.78, 5) is 4.62. The maximum Gasteiger partial charge on any atom is 0.157 e. The monoisotopic (exact) mass is 256 g/mol. The first kappa shape index (κ1) is 13.2. The molecule has 2 rings (SSSR count). The molecule has 3 atom stereocenters. The van der Waals surface area contributed by atoms with E-state index in [1.165, 1.54) is 25.7 Å². The molecule has 0 aromatic carbocycles. The Labute approximate surface area is 109 Å². The molecule has 0 spiro atoms. The van der Waals surface area contributed by atoms with Gasteiger partial charge in [0.05, 0.1) is 18.7 Å². The van der Waals surface area contributed by atoms with Crippen molar-refractivity contribution < 1.29 is 4.74 Å². The summed E-state index contributed by atoms with van der Waals surface area (Å²) in [6.45, 7) is 5.55. The normalized spacial score (nSPS) is 33.2. The third kappa shape index (κ3) is 3.62. The quantitative estimate of drug-likeness (QED) is 0.839. The van der Waals surface area contributed by atoms with E-state index in [9.17, 15) is 0 Å². The van der Waals surface area contributed by atoms with E-state index < -0.39 is 0 Å². The molecule has 0 saturated heterocycles. The summed E-state index contributed by atoms with van der Waals surface area (Å²) in [6, 6.07) is 0.476. The highest BCUT2D eigenvalue weighted by molar-refractivity contribution is 8.14. The van der Waals surface area contributed by atoms with Gasteiger partial charge in [0.2, 0.25) is 0 Å². The Hall–Kier alpha value is -0.220. The zero-order chi connectivity index (χ0) is 12.3. The maximum absolute atomic E-state index is 5.50. The van der Waals surface area contributed by atoms with Crippen LogP contribution in [0.4, 0.5) is 0 Å². The Morgan fingerprint density at radius 2 is 2.29 bits per heavy atom. The molecular formula is C13H24N2OS. The van der Waals surface area contributed by atoms with E-state index in [4.69, 9.17) is 4.74 Å². The number of amidine groups is 1. The van der Waals surface area contributed by atoms with Crippen molar-refractivity contribution in [1.29, 1.82) is 0 Å². The van der Waals surface area contributed by atoms with E-state index in [2.05, 4.69) is 24.2 Å². The molecule has 1 N–H and O–H groups in total. The molecule has 1 aliphatic carbocycles. The first-order valence-corrected chi connectivity index (χ1v) is 7.57. The van der Waals surface area contributed by atoms with E-state index in [1.807, 2.05) is 18.9 Å². The number of nitrogens with one attached hydrogen (secondary N) is 1. The van der Waals surface area contributed by atoms with Crippen LogP contribution in [-0.4, -0.2) is 36.2 Å². The second-order valence-electron chi connectivity index (χ2n) is 5.47. The Bertz CT molecular complexity index is 281. The lowest BCUT2D eigenvalue weighted by molar-refractivity contribution is 0.0910. The van der Waals surface area contributed by atoms with Crippen molar-refractivity contribution in [2.75, 3.05) is 13.7 Å². The fourth-order valence-corrected chi connectivity index (χ4v) is 3.99. The molecule has 3 nitrogen and oxygen atoms in total. The number of ether oxygens (including phenoxy) is 1. The topological polar surface area (TPSA) is 33.6 Å². The van der Waals surface area contributed by atoms with Gasteiger partial charge in [0.1, 0.15) is 0 Å². The molecular weight excluding hydrogens is 232 g/mol. The minimum absolute atomic E-state index is 0.377. The number of rotatable bonds is 4. The predicted molar refractivity (Wildman–Crippen MR) is 74.7 cm³/mol. The largest absolute Gasteiger partial charge is 0.379 e. The molecule has 0 radical (unpaired) electrons. The van der Waals surface area contributed by atoms with Crippen LogP contribution in [0.3, 0.4) is 0 Å². The lowest BCUT2D eigenvalue weighted by Crippen LogP contribution is -2.39. The van der Waals surface area contributed by atoms with Crippen molar-refractivity contribution in [3.8, 4) is 0 Å². The number of hydrogen-bond acceptors (Lipinski definition) is 4.